The zero-order valence-corrected chi connectivity index (χ0v) is 12.4. The maximum Gasteiger partial charge on any atom is 0.342 e. The first kappa shape index (κ1) is 16.5. The zero-order chi connectivity index (χ0) is 17.5. The van der Waals surface area contributed by atoms with Crippen molar-refractivity contribution in [3.63, 3.8) is 0 Å². The van der Waals surface area contributed by atoms with Crippen LogP contribution in [-0.4, -0.2) is 27.1 Å². The van der Waals surface area contributed by atoms with Crippen molar-refractivity contribution >= 4 is 29.4 Å². The van der Waals surface area contributed by atoms with E-state index in [1.165, 1.54) is 6.92 Å². The largest absolute Gasteiger partial charge is 0.478 e. The van der Waals surface area contributed by atoms with Crippen LogP contribution in [0.1, 0.15) is 26.3 Å². The summed E-state index contributed by atoms with van der Waals surface area (Å²) in [5.41, 5.74) is 1.95. The normalized spacial score (nSPS) is 10.6. The number of aromatic carboxylic acids is 2. The van der Waals surface area contributed by atoms with Crippen LogP contribution in [0.5, 0.6) is 0 Å². The second-order valence-electron chi connectivity index (χ2n) is 4.68. The number of nitrogens with one attached hydrogen (secondary N) is 1. The van der Waals surface area contributed by atoms with Gasteiger partial charge in [-0.3, -0.25) is 4.79 Å². The minimum absolute atomic E-state index is 0.0768. The van der Waals surface area contributed by atoms with Gasteiger partial charge in [-0.05, 0) is 24.6 Å². The molecule has 2 aromatic rings. The fraction of sp³-hybridized carbons (Fsp3) is 0.0714. The van der Waals surface area contributed by atoms with Gasteiger partial charge in [0.2, 0.25) is 0 Å². The molecule has 0 aliphatic rings. The first-order valence-corrected chi connectivity index (χ1v) is 6.51. The van der Waals surface area contributed by atoms with Gasteiger partial charge in [0.25, 0.3) is 5.56 Å². The predicted octanol–water partition coefficient (Wildman–Crippen LogP) is 2.12. The molecular weight excluding hydrogens is 331 g/mol. The van der Waals surface area contributed by atoms with Crippen LogP contribution in [0.3, 0.4) is 0 Å². The zero-order valence-electron chi connectivity index (χ0n) is 11.6. The summed E-state index contributed by atoms with van der Waals surface area (Å²) in [5, 5.41) is 18.6. The highest BCUT2D eigenvalue weighted by molar-refractivity contribution is 6.31. The summed E-state index contributed by atoms with van der Waals surface area (Å²) in [6, 6.07) is 2.06. The Balaban J connectivity index is 3.06. The number of benzene rings is 1. The van der Waals surface area contributed by atoms with E-state index in [0.29, 0.717) is 5.56 Å². The van der Waals surface area contributed by atoms with Gasteiger partial charge in [0, 0.05) is 16.1 Å². The van der Waals surface area contributed by atoms with Gasteiger partial charge in [-0.1, -0.05) is 11.6 Å². The van der Waals surface area contributed by atoms with Gasteiger partial charge in [0.15, 0.2) is 0 Å². The first-order valence-electron chi connectivity index (χ1n) is 6.13. The molecule has 23 heavy (non-hydrogen) atoms. The standard InChI is InChI=1S/C14H10ClFN2O5/c1-4-2-7(16)5(3-6(4)15)8-9(13(20)21)11(17)18-12(19)10(8)14(22)23/h2-3H,1H3,(H,20,21)(H,22,23)(H3,17,18,19). The molecule has 0 spiro atoms. The van der Waals surface area contributed by atoms with Crippen molar-refractivity contribution in [2.45, 2.75) is 6.92 Å². The maximum absolute atomic E-state index is 14.3. The van der Waals surface area contributed by atoms with E-state index in [9.17, 15) is 29.0 Å². The number of aromatic nitrogens is 1. The molecule has 7 nitrogen and oxygen atoms in total. The van der Waals surface area contributed by atoms with E-state index in [2.05, 4.69) is 0 Å². The number of hydrogen-bond acceptors (Lipinski definition) is 4. The molecule has 0 saturated heterocycles. The summed E-state index contributed by atoms with van der Waals surface area (Å²) < 4.78 is 14.3. The highest BCUT2D eigenvalue weighted by Crippen LogP contribution is 2.34. The van der Waals surface area contributed by atoms with E-state index in [-0.39, 0.29) is 5.02 Å². The van der Waals surface area contributed by atoms with Crippen molar-refractivity contribution in [1.29, 1.82) is 0 Å². The molecule has 9 heteroatoms. The van der Waals surface area contributed by atoms with Gasteiger partial charge in [-0.2, -0.15) is 0 Å². The van der Waals surface area contributed by atoms with E-state index in [1.54, 1.807) is 0 Å². The third kappa shape index (κ3) is 2.76. The summed E-state index contributed by atoms with van der Waals surface area (Å²) in [4.78, 5) is 36.6. The third-order valence-corrected chi connectivity index (χ3v) is 3.60. The summed E-state index contributed by atoms with van der Waals surface area (Å²) in [6.45, 7) is 1.51. The van der Waals surface area contributed by atoms with Gasteiger partial charge >= 0.3 is 11.9 Å². The lowest BCUT2D eigenvalue weighted by molar-refractivity contribution is 0.0695. The number of rotatable bonds is 3. The molecule has 1 heterocycles. The molecule has 0 aliphatic carbocycles. The molecule has 0 amide bonds. The predicted molar refractivity (Wildman–Crippen MR) is 80.5 cm³/mol. The van der Waals surface area contributed by atoms with Crippen LogP contribution >= 0.6 is 11.6 Å². The molecule has 0 aliphatic heterocycles. The van der Waals surface area contributed by atoms with Crippen molar-refractivity contribution < 1.29 is 24.2 Å². The lowest BCUT2D eigenvalue weighted by Gasteiger charge is -2.13. The number of nitrogen functional groups attached to an aromatic ring is 1. The fourth-order valence-corrected chi connectivity index (χ4v) is 2.32. The topological polar surface area (TPSA) is 133 Å². The fourth-order valence-electron chi connectivity index (χ4n) is 2.15. The third-order valence-electron chi connectivity index (χ3n) is 3.19. The van der Waals surface area contributed by atoms with E-state index < -0.39 is 51.4 Å². The molecule has 1 aromatic heterocycles. The Bertz CT molecular complexity index is 907. The Morgan fingerprint density at radius 1 is 1.22 bits per heavy atom. The number of pyridine rings is 1. The van der Waals surface area contributed by atoms with Crippen molar-refractivity contribution in [2.75, 3.05) is 5.73 Å². The SMILES string of the molecule is Cc1cc(F)c(-c2c(C(=O)O)c(N)[nH]c(=O)c2C(=O)O)cc1Cl. The molecule has 120 valence electrons. The van der Waals surface area contributed by atoms with Crippen LogP contribution < -0.4 is 11.3 Å². The van der Waals surface area contributed by atoms with Crippen molar-refractivity contribution in [2.24, 2.45) is 0 Å². The Morgan fingerprint density at radius 2 is 1.78 bits per heavy atom. The van der Waals surface area contributed by atoms with E-state index in [4.69, 9.17) is 17.3 Å². The minimum Gasteiger partial charge on any atom is -0.478 e. The second-order valence-corrected chi connectivity index (χ2v) is 5.09. The highest BCUT2D eigenvalue weighted by Gasteiger charge is 2.28. The molecule has 0 fully saturated rings. The van der Waals surface area contributed by atoms with E-state index in [0.717, 1.165) is 12.1 Å². The van der Waals surface area contributed by atoms with E-state index in [1.807, 2.05) is 4.98 Å². The number of nitrogens with two attached hydrogens (primary N) is 1. The second kappa shape index (κ2) is 5.73. The molecule has 2 rings (SSSR count). The number of halogens is 2. The average molecular weight is 341 g/mol. The van der Waals surface area contributed by atoms with Crippen LogP contribution in [0.15, 0.2) is 16.9 Å². The van der Waals surface area contributed by atoms with Crippen molar-refractivity contribution in [3.05, 3.63) is 50.0 Å². The molecule has 0 saturated carbocycles. The van der Waals surface area contributed by atoms with Crippen LogP contribution in [0, 0.1) is 12.7 Å². The number of carboxylic acids is 2. The Morgan fingerprint density at radius 3 is 2.30 bits per heavy atom. The monoisotopic (exact) mass is 340 g/mol. The van der Waals surface area contributed by atoms with Gasteiger partial charge in [0.05, 0.1) is 0 Å². The number of carbonyl (C=O) groups is 2. The van der Waals surface area contributed by atoms with Crippen LogP contribution in [0.2, 0.25) is 5.02 Å². The molecule has 0 bridgehead atoms. The Labute approximate surface area is 133 Å². The summed E-state index contributed by atoms with van der Waals surface area (Å²) in [5.74, 6) is -4.85. The quantitative estimate of drug-likeness (QED) is 0.676. The minimum atomic E-state index is -1.72. The molecule has 0 radical (unpaired) electrons. The van der Waals surface area contributed by atoms with Gasteiger partial charge in [-0.15, -0.1) is 0 Å². The number of H-pyrrole nitrogens is 1. The number of carboxylic acid groups (broad SMARTS) is 2. The summed E-state index contributed by atoms with van der Waals surface area (Å²) in [7, 11) is 0. The van der Waals surface area contributed by atoms with Gasteiger partial charge < -0.3 is 20.9 Å². The molecular formula is C14H10ClFN2O5. The maximum atomic E-state index is 14.3. The lowest BCUT2D eigenvalue weighted by Crippen LogP contribution is -2.24. The number of aromatic amines is 1. The molecule has 5 N–H and O–H groups in total. The number of aryl methyl sites for hydroxylation is 1. The Kier molecular flexibility index (Phi) is 4.11. The number of hydrogen-bond donors (Lipinski definition) is 4. The van der Waals surface area contributed by atoms with Crippen LogP contribution in [-0.2, 0) is 0 Å². The smallest absolute Gasteiger partial charge is 0.342 e. The van der Waals surface area contributed by atoms with Crippen molar-refractivity contribution in [3.8, 4) is 11.1 Å². The molecule has 1 aromatic carbocycles. The van der Waals surface area contributed by atoms with Gasteiger partial charge in [0.1, 0.15) is 22.8 Å². The Hall–Kier alpha value is -2.87. The highest BCUT2D eigenvalue weighted by atomic mass is 35.5. The van der Waals surface area contributed by atoms with Crippen LogP contribution in [0.4, 0.5) is 10.2 Å². The van der Waals surface area contributed by atoms with Gasteiger partial charge in [-0.25, -0.2) is 14.0 Å². The lowest BCUT2D eigenvalue weighted by atomic mass is 9.94. The van der Waals surface area contributed by atoms with Crippen molar-refractivity contribution in [1.82, 2.24) is 4.98 Å². The molecule has 0 atom stereocenters. The van der Waals surface area contributed by atoms with E-state index >= 15 is 0 Å². The molecule has 0 unspecified atom stereocenters. The van der Waals surface area contributed by atoms with Crippen LogP contribution in [0.25, 0.3) is 11.1 Å². The average Bonchev–Trinajstić information content (AvgIpc) is 2.40. The summed E-state index contributed by atoms with van der Waals surface area (Å²) in [6.07, 6.45) is 0. The first-order chi connectivity index (χ1) is 10.6. The number of anilines is 1. The summed E-state index contributed by atoms with van der Waals surface area (Å²) >= 11 is 5.90.